The van der Waals surface area contributed by atoms with E-state index in [2.05, 4.69) is 10.6 Å². The van der Waals surface area contributed by atoms with Gasteiger partial charge in [0.25, 0.3) is 5.91 Å². The van der Waals surface area contributed by atoms with Crippen molar-refractivity contribution in [2.24, 2.45) is 5.73 Å². The van der Waals surface area contributed by atoms with Crippen LogP contribution in [0.1, 0.15) is 21.5 Å². The van der Waals surface area contributed by atoms with Gasteiger partial charge in [-0.2, -0.15) is 0 Å². The molecule has 3 amide bonds. The average Bonchev–Trinajstić information content (AvgIpc) is 2.84. The number of nitrogens with two attached hydrogens (primary N) is 1. The maximum Gasteiger partial charge on any atom is 0.255 e. The van der Waals surface area contributed by atoms with Crippen LogP contribution in [0.2, 0.25) is 0 Å². The maximum atomic E-state index is 12.7. The molecule has 1 aliphatic heterocycles. The predicted octanol–water partition coefficient (Wildman–Crippen LogP) is 2.80. The Bertz CT molecular complexity index is 1210. The van der Waals surface area contributed by atoms with Crippen LogP contribution in [0.4, 0.5) is 11.4 Å². The number of ether oxygens (including phenoxy) is 1. The van der Waals surface area contributed by atoms with Gasteiger partial charge in [-0.3, -0.25) is 19.3 Å². The third-order valence-corrected chi connectivity index (χ3v) is 5.81. The third kappa shape index (κ3) is 5.24. The minimum absolute atomic E-state index is 0.0258. The summed E-state index contributed by atoms with van der Waals surface area (Å²) in [7, 11) is 1.54. The van der Waals surface area contributed by atoms with Crippen molar-refractivity contribution in [2.75, 3.05) is 24.3 Å². The molecular formula is C26H26N4O4. The van der Waals surface area contributed by atoms with Crippen LogP contribution in [-0.2, 0) is 22.6 Å². The molecule has 34 heavy (non-hydrogen) atoms. The van der Waals surface area contributed by atoms with Crippen LogP contribution in [-0.4, -0.2) is 42.3 Å². The van der Waals surface area contributed by atoms with Crippen LogP contribution >= 0.6 is 0 Å². The largest absolute Gasteiger partial charge is 0.495 e. The zero-order chi connectivity index (χ0) is 24.1. The highest BCUT2D eigenvalue weighted by molar-refractivity contribution is 6.05. The molecule has 8 nitrogen and oxygen atoms in total. The van der Waals surface area contributed by atoms with E-state index in [1.807, 2.05) is 30.3 Å². The molecule has 0 spiro atoms. The van der Waals surface area contributed by atoms with Crippen LogP contribution in [0.5, 0.6) is 5.75 Å². The van der Waals surface area contributed by atoms with Gasteiger partial charge in [-0.1, -0.05) is 36.4 Å². The highest BCUT2D eigenvalue weighted by Gasteiger charge is 2.31. The molecule has 0 radical (unpaired) electrons. The van der Waals surface area contributed by atoms with Crippen molar-refractivity contribution < 1.29 is 19.1 Å². The molecule has 0 aliphatic carbocycles. The smallest absolute Gasteiger partial charge is 0.255 e. The van der Waals surface area contributed by atoms with Crippen molar-refractivity contribution in [1.29, 1.82) is 0 Å². The van der Waals surface area contributed by atoms with Gasteiger partial charge in [0.2, 0.25) is 11.8 Å². The first-order valence-electron chi connectivity index (χ1n) is 10.9. The van der Waals surface area contributed by atoms with E-state index in [9.17, 15) is 14.4 Å². The van der Waals surface area contributed by atoms with E-state index in [4.69, 9.17) is 10.5 Å². The molecule has 0 saturated heterocycles. The van der Waals surface area contributed by atoms with E-state index in [0.29, 0.717) is 35.7 Å². The molecule has 0 saturated carbocycles. The molecule has 1 atom stereocenters. The van der Waals surface area contributed by atoms with E-state index >= 15 is 0 Å². The zero-order valence-corrected chi connectivity index (χ0v) is 18.8. The fourth-order valence-electron chi connectivity index (χ4n) is 4.06. The summed E-state index contributed by atoms with van der Waals surface area (Å²) in [6, 6.07) is 21.0. The van der Waals surface area contributed by atoms with E-state index in [0.717, 1.165) is 11.1 Å². The number of hydrogen-bond acceptors (Lipinski definition) is 5. The Morgan fingerprint density at radius 1 is 0.941 bits per heavy atom. The van der Waals surface area contributed by atoms with Crippen LogP contribution in [0.3, 0.4) is 0 Å². The van der Waals surface area contributed by atoms with Gasteiger partial charge >= 0.3 is 0 Å². The van der Waals surface area contributed by atoms with Gasteiger partial charge in [0, 0.05) is 17.8 Å². The molecule has 0 bridgehead atoms. The van der Waals surface area contributed by atoms with Crippen molar-refractivity contribution in [1.82, 2.24) is 4.90 Å². The summed E-state index contributed by atoms with van der Waals surface area (Å²) >= 11 is 0. The predicted molar refractivity (Wildman–Crippen MR) is 130 cm³/mol. The number of fused-ring (bicyclic) bond motifs is 1. The van der Waals surface area contributed by atoms with E-state index in [1.165, 1.54) is 7.11 Å². The summed E-state index contributed by atoms with van der Waals surface area (Å²) in [6.07, 6.45) is 0.481. The number of methoxy groups -OCH3 is 1. The van der Waals surface area contributed by atoms with Crippen molar-refractivity contribution in [3.63, 3.8) is 0 Å². The Labute approximate surface area is 197 Å². The SMILES string of the molecule is COc1ccccc1NC(=O)c1ccc(NC(=O)CN2Cc3ccccc3C[C@H]2C(N)=O)cc1. The quantitative estimate of drug-likeness (QED) is 0.504. The first kappa shape index (κ1) is 23.0. The van der Waals surface area contributed by atoms with Gasteiger partial charge in [0.1, 0.15) is 5.75 Å². The molecule has 0 unspecified atom stereocenters. The lowest BCUT2D eigenvalue weighted by molar-refractivity contribution is -0.125. The summed E-state index contributed by atoms with van der Waals surface area (Å²) in [5, 5.41) is 5.64. The molecule has 1 heterocycles. The number of carbonyl (C=O) groups excluding carboxylic acids is 3. The molecule has 8 heteroatoms. The van der Waals surface area contributed by atoms with Crippen LogP contribution in [0.15, 0.2) is 72.8 Å². The molecule has 174 valence electrons. The molecular weight excluding hydrogens is 432 g/mol. The molecule has 3 aromatic rings. The van der Waals surface area contributed by atoms with Crippen molar-refractivity contribution in [2.45, 2.75) is 19.0 Å². The van der Waals surface area contributed by atoms with Gasteiger partial charge in [0.05, 0.1) is 25.4 Å². The standard InChI is InChI=1S/C26H26N4O4/c1-34-23-9-5-4-8-21(23)29-26(33)17-10-12-20(13-11-17)28-24(31)16-30-15-19-7-3-2-6-18(19)14-22(30)25(27)32/h2-13,22H,14-16H2,1H3,(H2,27,32)(H,28,31)(H,29,33)/t22-/m0/s1. The first-order chi connectivity index (χ1) is 16.4. The number of hydrogen-bond donors (Lipinski definition) is 3. The van der Waals surface area contributed by atoms with Crippen LogP contribution in [0, 0.1) is 0 Å². The fraction of sp³-hybridized carbons (Fsp3) is 0.192. The van der Waals surface area contributed by atoms with Crippen molar-refractivity contribution >= 4 is 29.1 Å². The second kappa shape index (κ2) is 10.2. The Morgan fingerprint density at radius 3 is 2.32 bits per heavy atom. The number of anilines is 2. The number of benzene rings is 3. The second-order valence-corrected chi connectivity index (χ2v) is 8.08. The molecule has 4 rings (SSSR count). The number of amides is 3. The van der Waals surface area contributed by atoms with Crippen LogP contribution < -0.4 is 21.1 Å². The number of primary amides is 1. The maximum absolute atomic E-state index is 12.7. The number of nitrogens with zero attached hydrogens (tertiary/aromatic N) is 1. The Kier molecular flexibility index (Phi) is 6.89. The lowest BCUT2D eigenvalue weighted by atomic mass is 9.93. The normalized spacial score (nSPS) is 15.1. The van der Waals surface area contributed by atoms with Gasteiger partial charge in [-0.15, -0.1) is 0 Å². The lowest BCUT2D eigenvalue weighted by Crippen LogP contribution is -2.50. The molecule has 3 aromatic carbocycles. The van der Waals surface area contributed by atoms with E-state index < -0.39 is 11.9 Å². The molecule has 4 N–H and O–H groups in total. The number of nitrogens with one attached hydrogen (secondary N) is 2. The fourth-order valence-corrected chi connectivity index (χ4v) is 4.06. The van der Waals surface area contributed by atoms with Crippen molar-refractivity contribution in [3.8, 4) is 5.75 Å². The monoisotopic (exact) mass is 458 g/mol. The molecule has 0 fully saturated rings. The summed E-state index contributed by atoms with van der Waals surface area (Å²) in [6.45, 7) is 0.497. The van der Waals surface area contributed by atoms with Gasteiger partial charge < -0.3 is 21.1 Å². The highest BCUT2D eigenvalue weighted by atomic mass is 16.5. The second-order valence-electron chi connectivity index (χ2n) is 8.08. The minimum atomic E-state index is -0.540. The summed E-state index contributed by atoms with van der Waals surface area (Å²) < 4.78 is 5.25. The van der Waals surface area contributed by atoms with Crippen LogP contribution in [0.25, 0.3) is 0 Å². The summed E-state index contributed by atoms with van der Waals surface area (Å²) in [5.41, 5.74) is 9.31. The third-order valence-electron chi connectivity index (χ3n) is 5.81. The molecule has 0 aromatic heterocycles. The first-order valence-corrected chi connectivity index (χ1v) is 10.9. The van der Waals surface area contributed by atoms with Gasteiger partial charge in [0.15, 0.2) is 0 Å². The number of rotatable bonds is 7. The Hall–Kier alpha value is -4.17. The number of para-hydroxylation sites is 2. The van der Waals surface area contributed by atoms with Gasteiger partial charge in [-0.25, -0.2) is 0 Å². The summed E-state index contributed by atoms with van der Waals surface area (Å²) in [5.74, 6) is -0.447. The highest BCUT2D eigenvalue weighted by Crippen LogP contribution is 2.25. The Morgan fingerprint density at radius 2 is 1.62 bits per heavy atom. The van der Waals surface area contributed by atoms with E-state index in [1.54, 1.807) is 47.4 Å². The van der Waals surface area contributed by atoms with Gasteiger partial charge in [-0.05, 0) is 53.9 Å². The average molecular weight is 459 g/mol. The zero-order valence-electron chi connectivity index (χ0n) is 18.8. The molecule has 1 aliphatic rings. The number of carbonyl (C=O) groups is 3. The minimum Gasteiger partial charge on any atom is -0.495 e. The lowest BCUT2D eigenvalue weighted by Gasteiger charge is -2.34. The topological polar surface area (TPSA) is 114 Å². The Balaban J connectivity index is 1.38. The van der Waals surface area contributed by atoms with E-state index in [-0.39, 0.29) is 18.4 Å². The van der Waals surface area contributed by atoms with Crippen molar-refractivity contribution in [3.05, 3.63) is 89.5 Å². The summed E-state index contributed by atoms with van der Waals surface area (Å²) in [4.78, 5) is 39.0.